The molecule has 5 heteroatoms. The van der Waals surface area contributed by atoms with E-state index in [-0.39, 0.29) is 0 Å². The Kier molecular flexibility index (Phi) is 12.0. The summed E-state index contributed by atoms with van der Waals surface area (Å²) in [7, 11) is 0. The Balaban J connectivity index is 1.92. The molecule has 0 saturated carbocycles. The van der Waals surface area contributed by atoms with Crippen LogP contribution in [0.4, 0.5) is 0 Å². The van der Waals surface area contributed by atoms with Crippen LogP contribution < -0.4 is 0 Å². The highest BCUT2D eigenvalue weighted by atomic mass is 35.5. The molecule has 0 spiro atoms. The molecular weight excluding hydrogens is 383 g/mol. The topological polar surface area (TPSA) is 27.7 Å². The smallest absolute Gasteiger partial charge is 0.171 e. The Bertz CT molecular complexity index is 333. The third kappa shape index (κ3) is 8.78. The first-order valence-electron chi connectivity index (χ1n) is 11.3. The summed E-state index contributed by atoms with van der Waals surface area (Å²) in [6, 6.07) is 0. The summed E-state index contributed by atoms with van der Waals surface area (Å²) in [6.07, 6.45) is 17.9. The van der Waals surface area contributed by atoms with Crippen molar-refractivity contribution in [1.82, 2.24) is 0 Å². The molecule has 160 valence electrons. The Labute approximate surface area is 176 Å². The number of hydrogen-bond donors (Lipinski definition) is 0. The van der Waals surface area contributed by atoms with Crippen LogP contribution in [-0.4, -0.2) is 36.5 Å². The molecule has 2 atom stereocenters. The van der Waals surface area contributed by atoms with Gasteiger partial charge in [-0.05, 0) is 51.4 Å². The molecule has 2 aliphatic rings. The predicted molar refractivity (Wildman–Crippen MR) is 114 cm³/mol. The van der Waals surface area contributed by atoms with Gasteiger partial charge < -0.3 is 14.2 Å². The molecule has 2 unspecified atom stereocenters. The van der Waals surface area contributed by atoms with E-state index in [1.54, 1.807) is 0 Å². The summed E-state index contributed by atoms with van der Waals surface area (Å²) in [5.74, 6) is 0.650. The summed E-state index contributed by atoms with van der Waals surface area (Å²) < 4.78 is 19.4. The Morgan fingerprint density at radius 2 is 1.04 bits per heavy atom. The van der Waals surface area contributed by atoms with Crippen molar-refractivity contribution in [3.8, 4) is 0 Å². The van der Waals surface area contributed by atoms with Crippen LogP contribution >= 0.6 is 23.2 Å². The predicted octanol–water partition coefficient (Wildman–Crippen LogP) is 7.18. The van der Waals surface area contributed by atoms with Crippen molar-refractivity contribution < 1.29 is 14.2 Å². The van der Waals surface area contributed by atoms with Crippen LogP contribution in [0.3, 0.4) is 0 Å². The quantitative estimate of drug-likeness (QED) is 0.219. The molecule has 27 heavy (non-hydrogen) atoms. The minimum Gasteiger partial charge on any atom is -0.350 e. The number of halogens is 2. The molecule has 3 nitrogen and oxygen atoms in total. The lowest BCUT2D eigenvalue weighted by Crippen LogP contribution is -2.51. The van der Waals surface area contributed by atoms with Crippen molar-refractivity contribution in [1.29, 1.82) is 0 Å². The van der Waals surface area contributed by atoms with Crippen molar-refractivity contribution in [3.63, 3.8) is 0 Å². The Morgan fingerprint density at radius 1 is 0.593 bits per heavy atom. The van der Waals surface area contributed by atoms with Gasteiger partial charge in [-0.15, -0.1) is 23.2 Å². The summed E-state index contributed by atoms with van der Waals surface area (Å²) >= 11 is 11.6. The molecule has 2 fully saturated rings. The molecule has 2 rings (SSSR count). The molecule has 0 aromatic carbocycles. The van der Waals surface area contributed by atoms with Gasteiger partial charge in [0.25, 0.3) is 0 Å². The van der Waals surface area contributed by atoms with Crippen molar-refractivity contribution in [2.24, 2.45) is 0 Å². The fraction of sp³-hybridized carbons (Fsp3) is 1.00. The standard InChI is InChI=1S/C22H40Cl2O3/c23-17-9-3-1-5-13-21(15-7-11-19-25-21)27-22(16-8-12-20-26-22)14-6-2-4-10-18-24/h1-20H2. The van der Waals surface area contributed by atoms with Crippen LogP contribution in [0.5, 0.6) is 0 Å². The lowest BCUT2D eigenvalue weighted by Gasteiger charge is -2.47. The molecule has 0 N–H and O–H groups in total. The Hall–Kier alpha value is 0.460. The van der Waals surface area contributed by atoms with E-state index in [1.807, 2.05) is 0 Å². The molecule has 0 radical (unpaired) electrons. The Morgan fingerprint density at radius 3 is 1.41 bits per heavy atom. The van der Waals surface area contributed by atoms with Gasteiger partial charge in [0.15, 0.2) is 11.6 Å². The number of ether oxygens (including phenoxy) is 3. The first kappa shape index (κ1) is 23.7. The molecule has 2 heterocycles. The van der Waals surface area contributed by atoms with Crippen molar-refractivity contribution in [3.05, 3.63) is 0 Å². The third-order valence-electron chi connectivity index (χ3n) is 5.89. The fourth-order valence-corrected chi connectivity index (χ4v) is 4.71. The van der Waals surface area contributed by atoms with Gasteiger partial charge in [-0.25, -0.2) is 0 Å². The lowest BCUT2D eigenvalue weighted by molar-refractivity contribution is -0.380. The molecule has 2 aliphatic heterocycles. The van der Waals surface area contributed by atoms with E-state index in [4.69, 9.17) is 37.4 Å². The maximum atomic E-state index is 6.82. The second-order valence-corrected chi connectivity index (χ2v) is 9.00. The van der Waals surface area contributed by atoms with E-state index in [2.05, 4.69) is 0 Å². The van der Waals surface area contributed by atoms with E-state index in [9.17, 15) is 0 Å². The first-order valence-corrected chi connectivity index (χ1v) is 12.4. The minimum atomic E-state index is -0.438. The minimum absolute atomic E-state index is 0.438. The third-order valence-corrected chi connectivity index (χ3v) is 6.42. The van der Waals surface area contributed by atoms with Crippen molar-refractivity contribution in [2.75, 3.05) is 25.0 Å². The van der Waals surface area contributed by atoms with Gasteiger partial charge in [0.05, 0.1) is 13.2 Å². The fourth-order valence-electron chi connectivity index (χ4n) is 4.33. The zero-order chi connectivity index (χ0) is 19.3. The van der Waals surface area contributed by atoms with E-state index in [0.29, 0.717) is 0 Å². The molecule has 2 saturated heterocycles. The maximum Gasteiger partial charge on any atom is 0.171 e. The lowest BCUT2D eigenvalue weighted by atomic mass is 9.94. The largest absolute Gasteiger partial charge is 0.350 e. The molecule has 0 aromatic rings. The van der Waals surface area contributed by atoms with Gasteiger partial charge in [-0.2, -0.15) is 0 Å². The second-order valence-electron chi connectivity index (χ2n) is 8.24. The van der Waals surface area contributed by atoms with E-state index < -0.39 is 11.6 Å². The van der Waals surface area contributed by atoms with Crippen LogP contribution in [0, 0.1) is 0 Å². The van der Waals surface area contributed by atoms with Crippen LogP contribution in [-0.2, 0) is 14.2 Å². The second kappa shape index (κ2) is 13.6. The van der Waals surface area contributed by atoms with Crippen molar-refractivity contribution >= 4 is 23.2 Å². The first-order chi connectivity index (χ1) is 13.2. The number of hydrogen-bond acceptors (Lipinski definition) is 3. The molecule has 0 bridgehead atoms. The molecule has 0 aliphatic carbocycles. The van der Waals surface area contributed by atoms with Gasteiger partial charge in [-0.1, -0.05) is 25.7 Å². The van der Waals surface area contributed by atoms with Crippen LogP contribution in [0.25, 0.3) is 0 Å². The molecule has 0 aromatic heterocycles. The van der Waals surface area contributed by atoms with Crippen LogP contribution in [0.2, 0.25) is 0 Å². The highest BCUT2D eigenvalue weighted by Crippen LogP contribution is 2.41. The van der Waals surface area contributed by atoms with Crippen LogP contribution in [0.15, 0.2) is 0 Å². The highest BCUT2D eigenvalue weighted by molar-refractivity contribution is 6.18. The van der Waals surface area contributed by atoms with Gasteiger partial charge >= 0.3 is 0 Å². The zero-order valence-electron chi connectivity index (χ0n) is 17.1. The number of alkyl halides is 2. The SMILES string of the molecule is ClCCCCCCC1(OC2(CCCCCCCl)CCCCO2)CCCCO1. The monoisotopic (exact) mass is 422 g/mol. The number of unbranched alkanes of at least 4 members (excludes halogenated alkanes) is 6. The normalized spacial score (nSPS) is 29.1. The van der Waals surface area contributed by atoms with E-state index in [0.717, 1.165) is 89.2 Å². The van der Waals surface area contributed by atoms with Crippen molar-refractivity contribution in [2.45, 2.75) is 114 Å². The van der Waals surface area contributed by atoms with Gasteiger partial charge in [0, 0.05) is 37.4 Å². The summed E-state index contributed by atoms with van der Waals surface area (Å²) in [4.78, 5) is 0. The zero-order valence-corrected chi connectivity index (χ0v) is 18.6. The maximum absolute atomic E-state index is 6.82. The molecular formula is C22H40Cl2O3. The van der Waals surface area contributed by atoms with Gasteiger partial charge in [0.2, 0.25) is 0 Å². The molecule has 0 amide bonds. The number of rotatable bonds is 14. The average molecular weight is 423 g/mol. The summed E-state index contributed by atoms with van der Waals surface area (Å²) in [5.41, 5.74) is 0. The van der Waals surface area contributed by atoms with Gasteiger partial charge in [0.1, 0.15) is 0 Å². The van der Waals surface area contributed by atoms with Gasteiger partial charge in [-0.3, -0.25) is 0 Å². The van der Waals surface area contributed by atoms with E-state index >= 15 is 0 Å². The summed E-state index contributed by atoms with van der Waals surface area (Å²) in [5, 5.41) is 0. The van der Waals surface area contributed by atoms with E-state index in [1.165, 1.54) is 38.5 Å². The highest BCUT2D eigenvalue weighted by Gasteiger charge is 2.44. The van der Waals surface area contributed by atoms with Crippen LogP contribution in [0.1, 0.15) is 103 Å². The average Bonchev–Trinajstić information content (AvgIpc) is 2.69. The summed E-state index contributed by atoms with van der Waals surface area (Å²) in [6.45, 7) is 1.63.